The molecule has 0 bridgehead atoms. The molecule has 0 spiro atoms. The maximum absolute atomic E-state index is 5.35. The summed E-state index contributed by atoms with van der Waals surface area (Å²) in [4.78, 5) is 4.18. The number of anilines is 1. The number of nitrogens with one attached hydrogen (secondary N) is 1. The van der Waals surface area contributed by atoms with Gasteiger partial charge in [-0.3, -0.25) is 0 Å². The van der Waals surface area contributed by atoms with Crippen molar-refractivity contribution >= 4 is 5.82 Å². The highest BCUT2D eigenvalue weighted by atomic mass is 16.5. The molecule has 0 aromatic carbocycles. The van der Waals surface area contributed by atoms with Gasteiger partial charge in [-0.25, -0.2) is 4.98 Å². The van der Waals surface area contributed by atoms with Crippen LogP contribution in [0.25, 0.3) is 0 Å². The van der Waals surface area contributed by atoms with Crippen LogP contribution in [-0.2, 0) is 4.74 Å². The van der Waals surface area contributed by atoms with Crippen LogP contribution >= 0.6 is 0 Å². The Morgan fingerprint density at radius 1 is 1.44 bits per heavy atom. The lowest BCUT2D eigenvalue weighted by Crippen LogP contribution is -2.10. The SMILES string of the molecule is C=CCCOCCNc1ccc(OC)cn1. The molecule has 1 heterocycles. The van der Waals surface area contributed by atoms with E-state index >= 15 is 0 Å². The molecular formula is C12H18N2O2. The van der Waals surface area contributed by atoms with E-state index in [1.165, 1.54) is 0 Å². The minimum absolute atomic E-state index is 0.668. The first-order valence-electron chi connectivity index (χ1n) is 5.29. The fourth-order valence-electron chi connectivity index (χ4n) is 1.13. The summed E-state index contributed by atoms with van der Waals surface area (Å²) in [5.74, 6) is 1.58. The smallest absolute Gasteiger partial charge is 0.137 e. The standard InChI is InChI=1S/C12H18N2O2/c1-3-4-8-16-9-7-13-12-6-5-11(15-2)10-14-12/h3,5-6,10H,1,4,7-9H2,2H3,(H,13,14). The number of aromatic nitrogens is 1. The Labute approximate surface area is 96.3 Å². The summed E-state index contributed by atoms with van der Waals surface area (Å²) in [6.45, 7) is 5.76. The second kappa shape index (κ2) is 7.70. The van der Waals surface area contributed by atoms with E-state index < -0.39 is 0 Å². The third kappa shape index (κ3) is 4.79. The molecule has 16 heavy (non-hydrogen) atoms. The minimum atomic E-state index is 0.668. The number of methoxy groups -OCH3 is 1. The van der Waals surface area contributed by atoms with Crippen molar-refractivity contribution in [3.63, 3.8) is 0 Å². The van der Waals surface area contributed by atoms with Crippen LogP contribution in [0.2, 0.25) is 0 Å². The molecule has 0 fully saturated rings. The van der Waals surface area contributed by atoms with E-state index in [0.717, 1.165) is 31.1 Å². The Balaban J connectivity index is 2.14. The van der Waals surface area contributed by atoms with Gasteiger partial charge in [0.15, 0.2) is 0 Å². The Bertz CT molecular complexity index is 298. The van der Waals surface area contributed by atoms with Crippen LogP contribution in [0, 0.1) is 0 Å². The topological polar surface area (TPSA) is 43.4 Å². The predicted octanol–water partition coefficient (Wildman–Crippen LogP) is 2.09. The van der Waals surface area contributed by atoms with Crippen LogP contribution in [0.3, 0.4) is 0 Å². The van der Waals surface area contributed by atoms with E-state index in [-0.39, 0.29) is 0 Å². The van der Waals surface area contributed by atoms with Crippen LogP contribution < -0.4 is 10.1 Å². The number of ether oxygens (including phenoxy) is 2. The van der Waals surface area contributed by atoms with E-state index in [1.807, 2.05) is 18.2 Å². The first-order chi connectivity index (χ1) is 7.86. The molecule has 0 aliphatic carbocycles. The molecule has 0 amide bonds. The second-order valence-corrected chi connectivity index (χ2v) is 3.20. The van der Waals surface area contributed by atoms with Gasteiger partial charge in [0.25, 0.3) is 0 Å². The van der Waals surface area contributed by atoms with Crippen molar-refractivity contribution in [2.75, 3.05) is 32.2 Å². The van der Waals surface area contributed by atoms with Crippen molar-refractivity contribution in [2.45, 2.75) is 6.42 Å². The van der Waals surface area contributed by atoms with Crippen LogP contribution in [0.15, 0.2) is 31.0 Å². The third-order valence-electron chi connectivity index (χ3n) is 1.99. The molecule has 0 aliphatic heterocycles. The summed E-state index contributed by atoms with van der Waals surface area (Å²) in [6, 6.07) is 3.75. The normalized spacial score (nSPS) is 9.81. The average molecular weight is 222 g/mol. The summed E-state index contributed by atoms with van der Waals surface area (Å²) >= 11 is 0. The molecule has 0 saturated heterocycles. The van der Waals surface area contributed by atoms with Crippen LogP contribution in [0.1, 0.15) is 6.42 Å². The van der Waals surface area contributed by atoms with Gasteiger partial charge >= 0.3 is 0 Å². The molecule has 88 valence electrons. The van der Waals surface area contributed by atoms with Crippen LogP contribution in [0.4, 0.5) is 5.82 Å². The third-order valence-corrected chi connectivity index (χ3v) is 1.99. The van der Waals surface area contributed by atoms with E-state index in [4.69, 9.17) is 9.47 Å². The molecule has 0 radical (unpaired) electrons. The Hall–Kier alpha value is -1.55. The Morgan fingerprint density at radius 2 is 2.31 bits per heavy atom. The van der Waals surface area contributed by atoms with Gasteiger partial charge in [-0.1, -0.05) is 6.08 Å². The second-order valence-electron chi connectivity index (χ2n) is 3.20. The molecule has 0 aliphatic rings. The number of rotatable bonds is 8. The summed E-state index contributed by atoms with van der Waals surface area (Å²) in [6.07, 6.45) is 4.42. The van der Waals surface area contributed by atoms with Crippen molar-refractivity contribution < 1.29 is 9.47 Å². The zero-order valence-corrected chi connectivity index (χ0v) is 9.61. The highest BCUT2D eigenvalue weighted by Crippen LogP contribution is 2.10. The van der Waals surface area contributed by atoms with Crippen molar-refractivity contribution in [2.24, 2.45) is 0 Å². The zero-order valence-electron chi connectivity index (χ0n) is 9.61. The minimum Gasteiger partial charge on any atom is -0.495 e. The van der Waals surface area contributed by atoms with Crippen LogP contribution in [0.5, 0.6) is 5.75 Å². The predicted molar refractivity (Wildman–Crippen MR) is 64.9 cm³/mol. The quantitative estimate of drug-likeness (QED) is 0.540. The van der Waals surface area contributed by atoms with Gasteiger partial charge in [-0.15, -0.1) is 6.58 Å². The summed E-state index contributed by atoms with van der Waals surface area (Å²) in [7, 11) is 1.62. The van der Waals surface area contributed by atoms with Gasteiger partial charge < -0.3 is 14.8 Å². The lowest BCUT2D eigenvalue weighted by atomic mass is 10.4. The highest BCUT2D eigenvalue weighted by Gasteiger charge is 1.94. The van der Waals surface area contributed by atoms with Crippen molar-refractivity contribution in [3.05, 3.63) is 31.0 Å². The van der Waals surface area contributed by atoms with E-state index in [0.29, 0.717) is 6.61 Å². The van der Waals surface area contributed by atoms with Crippen molar-refractivity contribution in [1.82, 2.24) is 4.98 Å². The van der Waals surface area contributed by atoms with E-state index in [1.54, 1.807) is 13.3 Å². The first-order valence-corrected chi connectivity index (χ1v) is 5.29. The number of pyridine rings is 1. The molecule has 1 aromatic rings. The zero-order chi connectivity index (χ0) is 11.6. The number of nitrogens with zero attached hydrogens (tertiary/aromatic N) is 1. The molecule has 0 unspecified atom stereocenters. The fraction of sp³-hybridized carbons (Fsp3) is 0.417. The van der Waals surface area contributed by atoms with Crippen molar-refractivity contribution in [3.8, 4) is 5.75 Å². The average Bonchev–Trinajstić information content (AvgIpc) is 2.34. The summed E-state index contributed by atoms with van der Waals surface area (Å²) in [5.41, 5.74) is 0. The maximum atomic E-state index is 5.35. The van der Waals surface area contributed by atoms with E-state index in [2.05, 4.69) is 16.9 Å². The molecule has 0 saturated carbocycles. The lowest BCUT2D eigenvalue weighted by molar-refractivity contribution is 0.149. The molecule has 1 aromatic heterocycles. The Kier molecular flexibility index (Phi) is 6.03. The van der Waals surface area contributed by atoms with Crippen molar-refractivity contribution in [1.29, 1.82) is 0 Å². The maximum Gasteiger partial charge on any atom is 0.137 e. The van der Waals surface area contributed by atoms with Gasteiger partial charge in [0, 0.05) is 6.54 Å². The Morgan fingerprint density at radius 3 is 2.94 bits per heavy atom. The number of hydrogen-bond acceptors (Lipinski definition) is 4. The lowest BCUT2D eigenvalue weighted by Gasteiger charge is -2.06. The molecule has 1 rings (SSSR count). The van der Waals surface area contributed by atoms with Gasteiger partial charge in [-0.05, 0) is 18.6 Å². The first kappa shape index (κ1) is 12.5. The van der Waals surface area contributed by atoms with Crippen LogP contribution in [-0.4, -0.2) is 31.9 Å². The molecule has 4 heteroatoms. The van der Waals surface area contributed by atoms with Gasteiger partial charge in [0.2, 0.25) is 0 Å². The number of hydrogen-bond donors (Lipinski definition) is 1. The molecule has 1 N–H and O–H groups in total. The van der Waals surface area contributed by atoms with Gasteiger partial charge in [0.05, 0.1) is 26.5 Å². The molecular weight excluding hydrogens is 204 g/mol. The van der Waals surface area contributed by atoms with E-state index in [9.17, 15) is 0 Å². The monoisotopic (exact) mass is 222 g/mol. The largest absolute Gasteiger partial charge is 0.495 e. The van der Waals surface area contributed by atoms with Gasteiger partial charge in [0.1, 0.15) is 11.6 Å². The molecule has 4 nitrogen and oxygen atoms in total. The van der Waals surface area contributed by atoms with Gasteiger partial charge in [-0.2, -0.15) is 0 Å². The highest BCUT2D eigenvalue weighted by molar-refractivity contribution is 5.37. The summed E-state index contributed by atoms with van der Waals surface area (Å²) in [5, 5.41) is 3.16. The summed E-state index contributed by atoms with van der Waals surface area (Å²) < 4.78 is 10.4. The molecule has 0 atom stereocenters. The fourth-order valence-corrected chi connectivity index (χ4v) is 1.13.